The van der Waals surface area contributed by atoms with Crippen molar-refractivity contribution in [1.29, 1.82) is 0 Å². The van der Waals surface area contributed by atoms with Gasteiger partial charge in [-0.2, -0.15) is 13.2 Å². The fraction of sp³-hybridized carbons (Fsp3) is 0.158. The van der Waals surface area contributed by atoms with Crippen molar-refractivity contribution in [1.82, 2.24) is 9.97 Å². The van der Waals surface area contributed by atoms with E-state index < -0.39 is 21.8 Å². The monoisotopic (exact) mass is 407 g/mol. The van der Waals surface area contributed by atoms with E-state index in [0.29, 0.717) is 5.82 Å². The van der Waals surface area contributed by atoms with Crippen LogP contribution >= 0.6 is 0 Å². The lowest BCUT2D eigenvalue weighted by Gasteiger charge is -2.23. The molecule has 9 heteroatoms. The van der Waals surface area contributed by atoms with E-state index >= 15 is 0 Å². The molecule has 0 aliphatic rings. The second-order valence-electron chi connectivity index (χ2n) is 5.82. The van der Waals surface area contributed by atoms with E-state index in [0.717, 1.165) is 34.1 Å². The molecule has 0 aliphatic heterocycles. The van der Waals surface area contributed by atoms with Gasteiger partial charge in [0.1, 0.15) is 4.90 Å². The minimum atomic E-state index is -4.49. The van der Waals surface area contributed by atoms with Gasteiger partial charge in [-0.15, -0.1) is 0 Å². The molecular weight excluding hydrogens is 391 g/mol. The van der Waals surface area contributed by atoms with Gasteiger partial charge in [-0.25, -0.2) is 18.4 Å². The first kappa shape index (κ1) is 19.8. The number of hydrogen-bond donors (Lipinski definition) is 0. The summed E-state index contributed by atoms with van der Waals surface area (Å²) in [5, 5.41) is 0. The van der Waals surface area contributed by atoms with Crippen molar-refractivity contribution in [2.45, 2.75) is 18.0 Å². The molecular formula is C19H16F3N3O2S. The maximum atomic E-state index is 12.9. The van der Waals surface area contributed by atoms with Crippen LogP contribution in [-0.4, -0.2) is 24.9 Å². The number of halogens is 3. The lowest BCUT2D eigenvalue weighted by molar-refractivity contribution is -0.137. The Kier molecular flexibility index (Phi) is 5.37. The standard InChI is InChI=1S/C19H16F3N3O2S/c1-2-25(16-10-8-15(9-11-16)19(20,21)22)28(26,27)17-12-23-18(24-13-17)14-6-4-3-5-7-14/h3-13H,2H2,1H3. The van der Waals surface area contributed by atoms with Crippen LogP contribution in [0.5, 0.6) is 0 Å². The number of aromatic nitrogens is 2. The lowest BCUT2D eigenvalue weighted by Crippen LogP contribution is -2.31. The first-order chi connectivity index (χ1) is 13.2. The first-order valence-electron chi connectivity index (χ1n) is 8.31. The van der Waals surface area contributed by atoms with Gasteiger partial charge < -0.3 is 0 Å². The Labute approximate surface area is 160 Å². The van der Waals surface area contributed by atoms with Crippen molar-refractivity contribution in [2.75, 3.05) is 10.8 Å². The molecule has 1 aromatic heterocycles. The smallest absolute Gasteiger partial charge is 0.267 e. The van der Waals surface area contributed by atoms with E-state index in [4.69, 9.17) is 0 Å². The summed E-state index contributed by atoms with van der Waals surface area (Å²) in [6.07, 6.45) is -2.11. The lowest BCUT2D eigenvalue weighted by atomic mass is 10.2. The summed E-state index contributed by atoms with van der Waals surface area (Å²) in [7, 11) is -4.02. The molecule has 2 aromatic carbocycles. The van der Waals surface area contributed by atoms with Crippen LogP contribution in [0.1, 0.15) is 12.5 Å². The molecule has 28 heavy (non-hydrogen) atoms. The Balaban J connectivity index is 1.91. The van der Waals surface area contributed by atoms with Crippen LogP contribution in [0.4, 0.5) is 18.9 Å². The second kappa shape index (κ2) is 7.59. The third kappa shape index (κ3) is 3.99. The van der Waals surface area contributed by atoms with Crippen molar-refractivity contribution < 1.29 is 21.6 Å². The first-order valence-corrected chi connectivity index (χ1v) is 9.75. The molecule has 3 rings (SSSR count). The van der Waals surface area contributed by atoms with Crippen LogP contribution < -0.4 is 4.31 Å². The molecule has 0 amide bonds. The minimum Gasteiger partial charge on any atom is -0.267 e. The summed E-state index contributed by atoms with van der Waals surface area (Å²) in [5.74, 6) is 0.372. The van der Waals surface area contributed by atoms with Crippen molar-refractivity contribution >= 4 is 15.7 Å². The molecule has 0 radical (unpaired) electrons. The highest BCUT2D eigenvalue weighted by Crippen LogP contribution is 2.31. The van der Waals surface area contributed by atoms with E-state index in [1.54, 1.807) is 19.1 Å². The zero-order valence-corrected chi connectivity index (χ0v) is 15.6. The maximum Gasteiger partial charge on any atom is 0.416 e. The molecule has 0 saturated heterocycles. The number of alkyl halides is 3. The Hall–Kier alpha value is -2.94. The summed E-state index contributed by atoms with van der Waals surface area (Å²) in [4.78, 5) is 8.07. The van der Waals surface area contributed by atoms with Gasteiger partial charge in [0, 0.05) is 12.1 Å². The molecule has 0 bridgehead atoms. The number of nitrogens with zero attached hydrogens (tertiary/aromatic N) is 3. The maximum absolute atomic E-state index is 12.9. The molecule has 0 atom stereocenters. The molecule has 0 N–H and O–H groups in total. The fourth-order valence-corrected chi connectivity index (χ4v) is 3.99. The van der Waals surface area contributed by atoms with E-state index in [1.807, 2.05) is 18.2 Å². The van der Waals surface area contributed by atoms with Crippen molar-refractivity contribution in [3.63, 3.8) is 0 Å². The average molecular weight is 407 g/mol. The zero-order chi connectivity index (χ0) is 20.4. The topological polar surface area (TPSA) is 63.2 Å². The highest BCUT2D eigenvalue weighted by Gasteiger charge is 2.31. The largest absolute Gasteiger partial charge is 0.416 e. The molecule has 0 spiro atoms. The van der Waals surface area contributed by atoms with Crippen molar-refractivity contribution in [3.8, 4) is 11.4 Å². The Morgan fingerprint density at radius 2 is 1.50 bits per heavy atom. The molecule has 0 aliphatic carbocycles. The highest BCUT2D eigenvalue weighted by molar-refractivity contribution is 7.92. The van der Waals surface area contributed by atoms with Gasteiger partial charge in [0.05, 0.1) is 23.6 Å². The number of benzene rings is 2. The van der Waals surface area contributed by atoms with Crippen LogP contribution in [0.15, 0.2) is 71.9 Å². The number of rotatable bonds is 5. The van der Waals surface area contributed by atoms with Gasteiger partial charge in [0.15, 0.2) is 5.82 Å². The normalized spacial score (nSPS) is 12.0. The molecule has 146 valence electrons. The average Bonchev–Trinajstić information content (AvgIpc) is 2.69. The molecule has 3 aromatic rings. The summed E-state index contributed by atoms with van der Waals surface area (Å²) < 4.78 is 65.0. The van der Waals surface area contributed by atoms with Crippen LogP contribution in [0.2, 0.25) is 0 Å². The van der Waals surface area contributed by atoms with E-state index in [-0.39, 0.29) is 17.1 Å². The molecule has 0 saturated carbocycles. The van der Waals surface area contributed by atoms with Crippen molar-refractivity contribution in [3.05, 3.63) is 72.6 Å². The van der Waals surface area contributed by atoms with Gasteiger partial charge >= 0.3 is 6.18 Å². The zero-order valence-electron chi connectivity index (χ0n) is 14.8. The summed E-state index contributed by atoms with van der Waals surface area (Å²) in [6.45, 7) is 1.63. The quantitative estimate of drug-likeness (QED) is 0.630. The summed E-state index contributed by atoms with van der Waals surface area (Å²) in [5.41, 5.74) is 0.0180. The Morgan fingerprint density at radius 3 is 2.00 bits per heavy atom. The van der Waals surface area contributed by atoms with Gasteiger partial charge in [-0.05, 0) is 31.2 Å². The van der Waals surface area contributed by atoms with Gasteiger partial charge in [0.2, 0.25) is 0 Å². The fourth-order valence-electron chi connectivity index (χ4n) is 2.62. The van der Waals surface area contributed by atoms with E-state index in [2.05, 4.69) is 9.97 Å². The van der Waals surface area contributed by atoms with Gasteiger partial charge in [-0.1, -0.05) is 30.3 Å². The third-order valence-electron chi connectivity index (χ3n) is 4.02. The number of sulfonamides is 1. The predicted molar refractivity (Wildman–Crippen MR) is 99.1 cm³/mol. The van der Waals surface area contributed by atoms with Crippen molar-refractivity contribution in [2.24, 2.45) is 0 Å². The predicted octanol–water partition coefficient (Wildman–Crippen LogP) is 4.38. The summed E-state index contributed by atoms with van der Waals surface area (Å²) in [6, 6.07) is 13.0. The van der Waals surface area contributed by atoms with Gasteiger partial charge in [0.25, 0.3) is 10.0 Å². The molecule has 5 nitrogen and oxygen atoms in total. The molecule has 0 fully saturated rings. The third-order valence-corrected chi connectivity index (χ3v) is 5.87. The van der Waals surface area contributed by atoms with E-state index in [1.165, 1.54) is 12.4 Å². The summed E-state index contributed by atoms with van der Waals surface area (Å²) >= 11 is 0. The SMILES string of the molecule is CCN(c1ccc(C(F)(F)F)cc1)S(=O)(=O)c1cnc(-c2ccccc2)nc1. The Morgan fingerprint density at radius 1 is 0.929 bits per heavy atom. The second-order valence-corrected chi connectivity index (χ2v) is 7.69. The van der Waals surface area contributed by atoms with Crippen LogP contribution in [0.25, 0.3) is 11.4 Å². The number of hydrogen-bond acceptors (Lipinski definition) is 4. The molecule has 1 heterocycles. The Bertz CT molecular complexity index is 1040. The highest BCUT2D eigenvalue weighted by atomic mass is 32.2. The minimum absolute atomic E-state index is 0.0358. The van der Waals surface area contributed by atoms with E-state index in [9.17, 15) is 21.6 Å². The van der Waals surface area contributed by atoms with Crippen LogP contribution in [0, 0.1) is 0 Å². The van der Waals surface area contributed by atoms with Crippen LogP contribution in [0.3, 0.4) is 0 Å². The van der Waals surface area contributed by atoms with Crippen LogP contribution in [-0.2, 0) is 16.2 Å². The molecule has 0 unspecified atom stereocenters. The van der Waals surface area contributed by atoms with Gasteiger partial charge in [-0.3, -0.25) is 4.31 Å². The number of anilines is 1.